The number of fused-ring (bicyclic) bond motifs is 1. The van der Waals surface area contributed by atoms with Crippen molar-refractivity contribution in [2.75, 3.05) is 0 Å². The summed E-state index contributed by atoms with van der Waals surface area (Å²) in [6, 6.07) is 29.2. The molecule has 1 saturated carbocycles. The second-order valence-electron chi connectivity index (χ2n) is 7.84. The van der Waals surface area contributed by atoms with E-state index in [-0.39, 0.29) is 5.91 Å². The maximum Gasteiger partial charge on any atom is 0.254 e. The quantitative estimate of drug-likeness (QED) is 0.434. The fourth-order valence-electron chi connectivity index (χ4n) is 3.94. The van der Waals surface area contributed by atoms with Crippen LogP contribution in [0, 0.1) is 0 Å². The van der Waals surface area contributed by atoms with Gasteiger partial charge < -0.3 is 9.47 Å². The molecule has 1 aliphatic carbocycles. The lowest BCUT2D eigenvalue weighted by Crippen LogP contribution is -2.33. The first-order chi connectivity index (χ1) is 14.3. The zero-order valence-electron chi connectivity index (χ0n) is 16.4. The normalized spacial score (nSPS) is 13.5. The van der Waals surface area contributed by atoms with Gasteiger partial charge in [-0.3, -0.25) is 4.79 Å². The van der Waals surface area contributed by atoms with E-state index in [2.05, 4.69) is 64.2 Å². The number of amides is 1. The summed E-state index contributed by atoms with van der Waals surface area (Å²) in [5.41, 5.74) is 3.22. The van der Waals surface area contributed by atoms with E-state index in [1.54, 1.807) is 0 Å². The molecular formula is C26H24N2O. The van der Waals surface area contributed by atoms with Gasteiger partial charge in [0.15, 0.2) is 0 Å². The fourth-order valence-corrected chi connectivity index (χ4v) is 3.94. The molecule has 0 N–H and O–H groups in total. The molecule has 0 radical (unpaired) electrons. The minimum Gasteiger partial charge on any atom is -0.345 e. The van der Waals surface area contributed by atoms with Gasteiger partial charge in [-0.1, -0.05) is 60.7 Å². The number of nitrogens with zero attached hydrogens (tertiary/aromatic N) is 2. The predicted octanol–water partition coefficient (Wildman–Crippen LogP) is 5.49. The van der Waals surface area contributed by atoms with Crippen LogP contribution in [0.2, 0.25) is 0 Å². The number of hydrogen-bond donors (Lipinski definition) is 0. The molecule has 1 fully saturated rings. The van der Waals surface area contributed by atoms with Crippen molar-refractivity contribution < 1.29 is 4.79 Å². The molecule has 0 saturated heterocycles. The van der Waals surface area contributed by atoms with Crippen LogP contribution in [0.3, 0.4) is 0 Å². The first-order valence-corrected chi connectivity index (χ1v) is 10.3. The average Bonchev–Trinajstić information content (AvgIpc) is 3.52. The first kappa shape index (κ1) is 17.7. The highest BCUT2D eigenvalue weighted by molar-refractivity contribution is 5.98. The Hall–Kier alpha value is -3.33. The Kier molecular flexibility index (Phi) is 4.65. The standard InChI is InChI=1S/C26H24N2O/c29-26(23-13-12-21-9-4-5-10-22(21)17-23)28(24-14-15-24)19-25-11-6-16-27(25)18-20-7-2-1-3-8-20/h1-13,16-17,24H,14-15,18-19H2. The number of hydrogen-bond acceptors (Lipinski definition) is 1. The molecule has 3 heteroatoms. The molecule has 1 aromatic heterocycles. The van der Waals surface area contributed by atoms with Crippen molar-refractivity contribution in [3.8, 4) is 0 Å². The smallest absolute Gasteiger partial charge is 0.254 e. The van der Waals surface area contributed by atoms with Crippen LogP contribution in [0.4, 0.5) is 0 Å². The van der Waals surface area contributed by atoms with Gasteiger partial charge in [0.05, 0.1) is 6.54 Å². The van der Waals surface area contributed by atoms with E-state index < -0.39 is 0 Å². The van der Waals surface area contributed by atoms with Gasteiger partial charge in [0.25, 0.3) is 5.91 Å². The Morgan fingerprint density at radius 1 is 0.862 bits per heavy atom. The molecule has 29 heavy (non-hydrogen) atoms. The van der Waals surface area contributed by atoms with Gasteiger partial charge in [0, 0.05) is 30.0 Å². The van der Waals surface area contributed by atoms with Gasteiger partial charge >= 0.3 is 0 Å². The summed E-state index contributed by atoms with van der Waals surface area (Å²) in [6.45, 7) is 1.47. The molecule has 1 aliphatic rings. The van der Waals surface area contributed by atoms with Gasteiger partial charge in [-0.05, 0) is 53.4 Å². The van der Waals surface area contributed by atoms with E-state index in [1.165, 1.54) is 16.6 Å². The monoisotopic (exact) mass is 380 g/mol. The molecule has 0 spiro atoms. The fraction of sp³-hybridized carbons (Fsp3) is 0.192. The zero-order valence-corrected chi connectivity index (χ0v) is 16.4. The van der Waals surface area contributed by atoms with Crippen molar-refractivity contribution in [3.63, 3.8) is 0 Å². The summed E-state index contributed by atoms with van der Waals surface area (Å²) in [5.74, 6) is 0.130. The number of carbonyl (C=O) groups excluding carboxylic acids is 1. The van der Waals surface area contributed by atoms with E-state index in [4.69, 9.17) is 0 Å². The van der Waals surface area contributed by atoms with Crippen molar-refractivity contribution in [2.45, 2.75) is 32.0 Å². The first-order valence-electron chi connectivity index (χ1n) is 10.3. The van der Waals surface area contributed by atoms with Crippen molar-refractivity contribution in [3.05, 3.63) is 108 Å². The predicted molar refractivity (Wildman–Crippen MR) is 117 cm³/mol. The number of rotatable bonds is 6. The topological polar surface area (TPSA) is 25.2 Å². The molecule has 3 aromatic carbocycles. The molecular weight excluding hydrogens is 356 g/mol. The molecule has 3 nitrogen and oxygen atoms in total. The van der Waals surface area contributed by atoms with Crippen molar-refractivity contribution in [2.24, 2.45) is 0 Å². The molecule has 1 amide bonds. The lowest BCUT2D eigenvalue weighted by Gasteiger charge is -2.24. The van der Waals surface area contributed by atoms with Crippen LogP contribution in [-0.2, 0) is 13.1 Å². The Balaban J connectivity index is 1.40. The summed E-state index contributed by atoms with van der Waals surface area (Å²) < 4.78 is 2.25. The second-order valence-corrected chi connectivity index (χ2v) is 7.84. The third kappa shape index (κ3) is 3.81. The maximum absolute atomic E-state index is 13.4. The van der Waals surface area contributed by atoms with Gasteiger partial charge in [-0.15, -0.1) is 0 Å². The van der Waals surface area contributed by atoms with Crippen LogP contribution in [0.25, 0.3) is 10.8 Å². The van der Waals surface area contributed by atoms with Crippen LogP contribution in [0.1, 0.15) is 34.5 Å². The molecule has 144 valence electrons. The molecule has 1 heterocycles. The summed E-state index contributed by atoms with van der Waals surface area (Å²) in [6.07, 6.45) is 4.30. The van der Waals surface area contributed by atoms with Gasteiger partial charge in [-0.25, -0.2) is 0 Å². The Labute approximate surface area is 171 Å². The Morgan fingerprint density at radius 2 is 1.62 bits per heavy atom. The summed E-state index contributed by atoms with van der Waals surface area (Å²) >= 11 is 0. The highest BCUT2D eigenvalue weighted by Gasteiger charge is 2.33. The lowest BCUT2D eigenvalue weighted by atomic mass is 10.1. The van der Waals surface area contributed by atoms with Gasteiger partial charge in [0.2, 0.25) is 0 Å². The average molecular weight is 380 g/mol. The highest BCUT2D eigenvalue weighted by atomic mass is 16.2. The van der Waals surface area contributed by atoms with E-state index in [0.29, 0.717) is 12.6 Å². The molecule has 0 unspecified atom stereocenters. The van der Waals surface area contributed by atoms with E-state index in [9.17, 15) is 4.79 Å². The van der Waals surface area contributed by atoms with E-state index in [1.807, 2.05) is 36.4 Å². The molecule has 0 bridgehead atoms. The van der Waals surface area contributed by atoms with Crippen molar-refractivity contribution >= 4 is 16.7 Å². The summed E-state index contributed by atoms with van der Waals surface area (Å²) in [4.78, 5) is 15.4. The van der Waals surface area contributed by atoms with Crippen molar-refractivity contribution in [1.82, 2.24) is 9.47 Å². The second kappa shape index (κ2) is 7.59. The van der Waals surface area contributed by atoms with Crippen LogP contribution in [0.15, 0.2) is 91.1 Å². The van der Waals surface area contributed by atoms with Crippen LogP contribution < -0.4 is 0 Å². The number of aromatic nitrogens is 1. The maximum atomic E-state index is 13.4. The third-order valence-corrected chi connectivity index (χ3v) is 5.70. The van der Waals surface area contributed by atoms with Crippen molar-refractivity contribution in [1.29, 1.82) is 0 Å². The van der Waals surface area contributed by atoms with Crippen LogP contribution >= 0.6 is 0 Å². The number of benzene rings is 3. The molecule has 5 rings (SSSR count). The Bertz CT molecular complexity index is 1140. The molecule has 0 atom stereocenters. The highest BCUT2D eigenvalue weighted by Crippen LogP contribution is 2.30. The summed E-state index contributed by atoms with van der Waals surface area (Å²) in [5, 5.41) is 2.28. The van der Waals surface area contributed by atoms with Crippen LogP contribution in [0.5, 0.6) is 0 Å². The van der Waals surface area contributed by atoms with E-state index in [0.717, 1.165) is 30.3 Å². The van der Waals surface area contributed by atoms with Crippen LogP contribution in [-0.4, -0.2) is 21.4 Å². The zero-order chi connectivity index (χ0) is 19.6. The molecule has 4 aromatic rings. The SMILES string of the molecule is O=C(c1ccc2ccccc2c1)N(Cc1cccn1Cc1ccccc1)C1CC1. The minimum absolute atomic E-state index is 0.130. The van der Waals surface area contributed by atoms with Gasteiger partial charge in [0.1, 0.15) is 0 Å². The third-order valence-electron chi connectivity index (χ3n) is 5.70. The van der Waals surface area contributed by atoms with Gasteiger partial charge in [-0.2, -0.15) is 0 Å². The lowest BCUT2D eigenvalue weighted by molar-refractivity contribution is 0.0726. The molecule has 0 aliphatic heterocycles. The van der Waals surface area contributed by atoms with E-state index >= 15 is 0 Å². The number of carbonyl (C=O) groups is 1. The minimum atomic E-state index is 0.130. The Morgan fingerprint density at radius 3 is 2.41 bits per heavy atom. The summed E-state index contributed by atoms with van der Waals surface area (Å²) in [7, 11) is 0. The largest absolute Gasteiger partial charge is 0.345 e.